The quantitative estimate of drug-likeness (QED) is 0.717. The van der Waals surface area contributed by atoms with E-state index in [2.05, 4.69) is 5.32 Å². The van der Waals surface area contributed by atoms with E-state index in [1.54, 1.807) is 0 Å². The van der Waals surface area contributed by atoms with E-state index in [0.29, 0.717) is 5.69 Å². The van der Waals surface area contributed by atoms with Crippen molar-refractivity contribution in [3.8, 4) is 0 Å². The van der Waals surface area contributed by atoms with E-state index in [9.17, 15) is 18.0 Å². The summed E-state index contributed by atoms with van der Waals surface area (Å²) in [7, 11) is -3.80. The molecule has 2 aromatic rings. The molecule has 0 fully saturated rings. The normalized spacial score (nSPS) is 14.2. The molecule has 0 aromatic heterocycles. The molecular weight excluding hydrogens is 380 g/mol. The molecule has 2 aromatic carbocycles. The molecule has 0 unspecified atom stereocenters. The fourth-order valence-corrected chi connectivity index (χ4v) is 3.68. The molecule has 0 spiro atoms. The first-order valence-electron chi connectivity index (χ1n) is 8.96. The third-order valence-electron chi connectivity index (χ3n) is 4.64. The highest BCUT2D eigenvalue weighted by atomic mass is 32.2. The summed E-state index contributed by atoms with van der Waals surface area (Å²) in [5.41, 5.74) is 3.85. The number of benzene rings is 2. The Kier molecular flexibility index (Phi) is 5.81. The lowest BCUT2D eigenvalue weighted by molar-refractivity contribution is -0.152. The van der Waals surface area contributed by atoms with E-state index in [1.165, 1.54) is 42.3 Å². The Morgan fingerprint density at radius 3 is 2.46 bits per heavy atom. The topological polar surface area (TPSA) is 116 Å². The van der Waals surface area contributed by atoms with Crippen molar-refractivity contribution >= 4 is 27.6 Å². The van der Waals surface area contributed by atoms with E-state index >= 15 is 0 Å². The molecule has 148 valence electrons. The number of carbonyl (C=O) groups is 2. The van der Waals surface area contributed by atoms with E-state index in [0.717, 1.165) is 24.8 Å². The minimum absolute atomic E-state index is 0.0562. The molecule has 1 atom stereocenters. The van der Waals surface area contributed by atoms with Crippen LogP contribution in [0.4, 0.5) is 5.69 Å². The number of esters is 1. The van der Waals surface area contributed by atoms with Gasteiger partial charge in [-0.1, -0.05) is 18.2 Å². The first-order chi connectivity index (χ1) is 13.2. The minimum atomic E-state index is -3.80. The summed E-state index contributed by atoms with van der Waals surface area (Å²) in [4.78, 5) is 24.3. The number of anilines is 1. The number of hydrogen-bond donors (Lipinski definition) is 2. The van der Waals surface area contributed by atoms with Crippen LogP contribution >= 0.6 is 0 Å². The van der Waals surface area contributed by atoms with Crippen molar-refractivity contribution in [3.63, 3.8) is 0 Å². The van der Waals surface area contributed by atoms with E-state index in [4.69, 9.17) is 9.88 Å². The van der Waals surface area contributed by atoms with Gasteiger partial charge in [0.15, 0.2) is 6.10 Å². The van der Waals surface area contributed by atoms with Crippen LogP contribution in [0.5, 0.6) is 0 Å². The standard InChI is InChI=1S/C20H22N2O5S/c1-13(20(24)22-17-7-9-18(10-8-17)28(21,25)26)27-19(23)12-14-5-6-15-3-2-4-16(15)11-14/h5-11,13H,2-4,12H2,1H3,(H,22,24)(H2,21,25,26)/t13-/m0/s1. The number of rotatable bonds is 6. The highest BCUT2D eigenvalue weighted by molar-refractivity contribution is 7.89. The number of carbonyl (C=O) groups excluding carboxylic acids is 2. The lowest BCUT2D eigenvalue weighted by atomic mass is 10.0. The summed E-state index contributed by atoms with van der Waals surface area (Å²) in [5, 5.41) is 7.60. The summed E-state index contributed by atoms with van der Waals surface area (Å²) in [6.07, 6.45) is 2.36. The van der Waals surface area contributed by atoms with Crippen molar-refractivity contribution in [2.24, 2.45) is 5.14 Å². The molecule has 3 rings (SSSR count). The van der Waals surface area contributed by atoms with Crippen LogP contribution in [0, 0.1) is 0 Å². The number of nitrogens with one attached hydrogen (secondary N) is 1. The van der Waals surface area contributed by atoms with Crippen LogP contribution in [0.1, 0.15) is 30.0 Å². The van der Waals surface area contributed by atoms with Crippen molar-refractivity contribution in [1.29, 1.82) is 0 Å². The fourth-order valence-electron chi connectivity index (χ4n) is 3.17. The van der Waals surface area contributed by atoms with Crippen LogP contribution in [0.2, 0.25) is 0 Å². The largest absolute Gasteiger partial charge is 0.452 e. The lowest BCUT2D eigenvalue weighted by Crippen LogP contribution is -2.30. The third-order valence-corrected chi connectivity index (χ3v) is 5.57. The Balaban J connectivity index is 1.54. The second kappa shape index (κ2) is 8.12. The summed E-state index contributed by atoms with van der Waals surface area (Å²) in [6.45, 7) is 1.48. The van der Waals surface area contributed by atoms with Crippen molar-refractivity contribution in [2.75, 3.05) is 5.32 Å². The molecule has 28 heavy (non-hydrogen) atoms. The molecule has 0 saturated carbocycles. The van der Waals surface area contributed by atoms with Gasteiger partial charge in [-0.25, -0.2) is 13.6 Å². The number of amides is 1. The number of nitrogens with two attached hydrogens (primary N) is 1. The van der Waals surface area contributed by atoms with Crippen LogP contribution in [0.25, 0.3) is 0 Å². The summed E-state index contributed by atoms with van der Waals surface area (Å²) < 4.78 is 27.7. The molecule has 7 nitrogen and oxygen atoms in total. The van der Waals surface area contributed by atoms with E-state index < -0.39 is 28.0 Å². The summed E-state index contributed by atoms with van der Waals surface area (Å²) in [6, 6.07) is 11.4. The number of hydrogen-bond acceptors (Lipinski definition) is 5. The summed E-state index contributed by atoms with van der Waals surface area (Å²) in [5.74, 6) is -0.990. The number of fused-ring (bicyclic) bond motifs is 1. The Morgan fingerprint density at radius 2 is 1.79 bits per heavy atom. The number of aryl methyl sites for hydroxylation is 2. The van der Waals surface area contributed by atoms with Crippen molar-refractivity contribution < 1.29 is 22.7 Å². The van der Waals surface area contributed by atoms with Gasteiger partial charge in [0.05, 0.1) is 11.3 Å². The predicted octanol–water partition coefficient (Wildman–Crippen LogP) is 1.94. The maximum atomic E-state index is 12.2. The van der Waals surface area contributed by atoms with Gasteiger partial charge >= 0.3 is 5.97 Å². The van der Waals surface area contributed by atoms with Gasteiger partial charge in [-0.05, 0) is 67.1 Å². The van der Waals surface area contributed by atoms with Crippen LogP contribution in [0.15, 0.2) is 47.4 Å². The number of primary sulfonamides is 1. The van der Waals surface area contributed by atoms with Crippen LogP contribution in [0.3, 0.4) is 0 Å². The van der Waals surface area contributed by atoms with E-state index in [1.807, 2.05) is 18.2 Å². The molecule has 0 saturated heterocycles. The Morgan fingerprint density at radius 1 is 1.11 bits per heavy atom. The van der Waals surface area contributed by atoms with Crippen LogP contribution in [-0.2, 0) is 43.6 Å². The third kappa shape index (κ3) is 4.96. The second-order valence-corrected chi connectivity index (χ2v) is 8.39. The van der Waals surface area contributed by atoms with Gasteiger partial charge in [-0.15, -0.1) is 0 Å². The van der Waals surface area contributed by atoms with Crippen molar-refractivity contribution in [1.82, 2.24) is 0 Å². The molecule has 1 amide bonds. The lowest BCUT2D eigenvalue weighted by Gasteiger charge is -2.14. The molecule has 3 N–H and O–H groups in total. The van der Waals surface area contributed by atoms with Crippen LogP contribution < -0.4 is 10.5 Å². The van der Waals surface area contributed by atoms with Crippen molar-refractivity contribution in [3.05, 3.63) is 59.2 Å². The average molecular weight is 402 g/mol. The predicted molar refractivity (Wildman–Crippen MR) is 104 cm³/mol. The van der Waals surface area contributed by atoms with Gasteiger partial charge in [0, 0.05) is 5.69 Å². The van der Waals surface area contributed by atoms with Gasteiger partial charge in [-0.2, -0.15) is 0 Å². The first kappa shape index (κ1) is 20.0. The maximum absolute atomic E-state index is 12.2. The molecular formula is C20H22N2O5S. The SMILES string of the molecule is C[C@H](OC(=O)Cc1ccc2c(c1)CCC2)C(=O)Nc1ccc(S(N)(=O)=O)cc1. The monoisotopic (exact) mass is 402 g/mol. The Hall–Kier alpha value is -2.71. The first-order valence-corrected chi connectivity index (χ1v) is 10.5. The zero-order chi connectivity index (χ0) is 20.3. The minimum Gasteiger partial charge on any atom is -0.452 e. The fraction of sp³-hybridized carbons (Fsp3) is 0.300. The van der Waals surface area contributed by atoms with Crippen molar-refractivity contribution in [2.45, 2.75) is 43.6 Å². The molecule has 0 radical (unpaired) electrons. The van der Waals surface area contributed by atoms with E-state index in [-0.39, 0.29) is 11.3 Å². The highest BCUT2D eigenvalue weighted by Gasteiger charge is 2.19. The Labute approximate surface area is 163 Å². The molecule has 0 aliphatic heterocycles. The molecule has 0 heterocycles. The van der Waals surface area contributed by atoms with Gasteiger partial charge in [0.1, 0.15) is 0 Å². The zero-order valence-corrected chi connectivity index (χ0v) is 16.3. The average Bonchev–Trinajstić information content (AvgIpc) is 3.09. The van der Waals surface area contributed by atoms with Crippen LogP contribution in [-0.4, -0.2) is 26.4 Å². The number of sulfonamides is 1. The summed E-state index contributed by atoms with van der Waals surface area (Å²) >= 11 is 0. The van der Waals surface area contributed by atoms with Gasteiger partial charge in [-0.3, -0.25) is 9.59 Å². The van der Waals surface area contributed by atoms with Gasteiger partial charge in [0.2, 0.25) is 10.0 Å². The molecule has 1 aliphatic rings. The highest BCUT2D eigenvalue weighted by Crippen LogP contribution is 2.23. The second-order valence-electron chi connectivity index (χ2n) is 6.82. The van der Waals surface area contributed by atoms with Gasteiger partial charge < -0.3 is 10.1 Å². The molecule has 8 heteroatoms. The molecule has 0 bridgehead atoms. The smallest absolute Gasteiger partial charge is 0.311 e. The zero-order valence-electron chi connectivity index (χ0n) is 15.5. The number of ether oxygens (including phenoxy) is 1. The van der Waals surface area contributed by atoms with Gasteiger partial charge in [0.25, 0.3) is 5.91 Å². The Bertz CT molecular complexity index is 1000. The maximum Gasteiger partial charge on any atom is 0.311 e. The molecule has 1 aliphatic carbocycles.